The van der Waals surface area contributed by atoms with Gasteiger partial charge < -0.3 is 10.4 Å². The zero-order valence-electron chi connectivity index (χ0n) is 16.4. The van der Waals surface area contributed by atoms with Crippen LogP contribution < -0.4 is 11.0 Å². The van der Waals surface area contributed by atoms with Gasteiger partial charge in [0.1, 0.15) is 0 Å². The molecule has 29 heavy (non-hydrogen) atoms. The molecule has 3 rings (SSSR count). The van der Waals surface area contributed by atoms with Crippen LogP contribution in [0.25, 0.3) is 11.0 Å². The molecule has 0 spiro atoms. The standard InChI is InChI=1S/C22H25N3O4/c1-24-18-9-5-6-10-19(18)25(22(24)29)14-13-20(26)23-17(11-12-21(27)28)15-16-7-3-2-4-8-16/h2-10,17H,11-15H2,1H3,(H,23,26)(H,27,28). The zero-order chi connectivity index (χ0) is 20.8. The van der Waals surface area contributed by atoms with Gasteiger partial charge in [0.25, 0.3) is 0 Å². The first kappa shape index (κ1) is 20.4. The summed E-state index contributed by atoms with van der Waals surface area (Å²) in [5.74, 6) is -1.09. The summed E-state index contributed by atoms with van der Waals surface area (Å²) in [5.41, 5.74) is 2.49. The van der Waals surface area contributed by atoms with Crippen LogP contribution in [0.2, 0.25) is 0 Å². The summed E-state index contributed by atoms with van der Waals surface area (Å²) in [7, 11) is 1.71. The summed E-state index contributed by atoms with van der Waals surface area (Å²) >= 11 is 0. The van der Waals surface area contributed by atoms with Crippen LogP contribution in [0.4, 0.5) is 0 Å². The van der Waals surface area contributed by atoms with Crippen molar-refractivity contribution in [2.45, 2.75) is 38.3 Å². The van der Waals surface area contributed by atoms with Gasteiger partial charge in [0.05, 0.1) is 11.0 Å². The molecule has 1 aromatic heterocycles. The van der Waals surface area contributed by atoms with Crippen molar-refractivity contribution in [3.63, 3.8) is 0 Å². The van der Waals surface area contributed by atoms with E-state index >= 15 is 0 Å². The van der Waals surface area contributed by atoms with E-state index in [1.54, 1.807) is 16.2 Å². The molecule has 0 saturated carbocycles. The van der Waals surface area contributed by atoms with Crippen LogP contribution in [0, 0.1) is 0 Å². The molecule has 0 aliphatic rings. The number of hydrogen-bond acceptors (Lipinski definition) is 3. The van der Waals surface area contributed by atoms with E-state index in [1.165, 1.54) is 0 Å². The molecule has 2 N–H and O–H groups in total. The fraction of sp³-hybridized carbons (Fsp3) is 0.318. The molecular weight excluding hydrogens is 370 g/mol. The Labute approximate surface area is 168 Å². The van der Waals surface area contributed by atoms with E-state index in [9.17, 15) is 14.4 Å². The van der Waals surface area contributed by atoms with Gasteiger partial charge in [-0.05, 0) is 30.5 Å². The molecule has 1 heterocycles. The Bertz CT molecular complexity index is 1050. The number of carboxylic acids is 1. The van der Waals surface area contributed by atoms with E-state index in [0.29, 0.717) is 12.8 Å². The van der Waals surface area contributed by atoms with Crippen LogP contribution in [0.3, 0.4) is 0 Å². The largest absolute Gasteiger partial charge is 0.481 e. The molecule has 1 unspecified atom stereocenters. The third kappa shape index (κ3) is 5.13. The third-order valence-electron chi connectivity index (χ3n) is 5.01. The van der Waals surface area contributed by atoms with E-state index in [1.807, 2.05) is 54.6 Å². The minimum Gasteiger partial charge on any atom is -0.481 e. The number of hydrogen-bond donors (Lipinski definition) is 2. The highest BCUT2D eigenvalue weighted by Gasteiger charge is 2.16. The van der Waals surface area contributed by atoms with E-state index in [-0.39, 0.29) is 37.0 Å². The number of imidazole rings is 1. The Morgan fingerprint density at radius 3 is 2.34 bits per heavy atom. The van der Waals surface area contributed by atoms with Gasteiger partial charge in [-0.2, -0.15) is 0 Å². The predicted molar refractivity (Wildman–Crippen MR) is 111 cm³/mol. The highest BCUT2D eigenvalue weighted by molar-refractivity contribution is 5.78. The van der Waals surface area contributed by atoms with Gasteiger partial charge in [-0.3, -0.25) is 18.7 Å². The van der Waals surface area contributed by atoms with E-state index < -0.39 is 5.97 Å². The molecule has 7 heteroatoms. The van der Waals surface area contributed by atoms with E-state index in [2.05, 4.69) is 5.32 Å². The predicted octanol–water partition coefficient (Wildman–Crippen LogP) is 2.32. The van der Waals surface area contributed by atoms with Gasteiger partial charge >= 0.3 is 11.7 Å². The van der Waals surface area contributed by atoms with Crippen molar-refractivity contribution in [1.82, 2.24) is 14.5 Å². The van der Waals surface area contributed by atoms with Crippen molar-refractivity contribution >= 4 is 22.9 Å². The van der Waals surface area contributed by atoms with Crippen molar-refractivity contribution in [3.8, 4) is 0 Å². The summed E-state index contributed by atoms with van der Waals surface area (Å²) in [6, 6.07) is 16.8. The number of carbonyl (C=O) groups excluding carboxylic acids is 1. The first-order valence-corrected chi connectivity index (χ1v) is 9.65. The highest BCUT2D eigenvalue weighted by Crippen LogP contribution is 2.12. The normalized spacial score (nSPS) is 12.0. The molecular formula is C22H25N3O4. The maximum atomic E-state index is 12.5. The van der Waals surface area contributed by atoms with Gasteiger partial charge in [0.2, 0.25) is 5.91 Å². The molecule has 7 nitrogen and oxygen atoms in total. The lowest BCUT2D eigenvalue weighted by Crippen LogP contribution is -2.37. The number of carboxylic acid groups (broad SMARTS) is 1. The summed E-state index contributed by atoms with van der Waals surface area (Å²) in [5, 5.41) is 11.9. The van der Waals surface area contributed by atoms with E-state index in [4.69, 9.17) is 5.11 Å². The topological polar surface area (TPSA) is 93.3 Å². The molecule has 1 atom stereocenters. The Balaban J connectivity index is 1.66. The number of rotatable bonds is 9. The number of amides is 1. The lowest BCUT2D eigenvalue weighted by Gasteiger charge is -2.18. The second-order valence-corrected chi connectivity index (χ2v) is 7.12. The summed E-state index contributed by atoms with van der Waals surface area (Å²) in [6.45, 7) is 0.267. The number of aromatic nitrogens is 2. The maximum absolute atomic E-state index is 12.5. The average molecular weight is 395 g/mol. The Morgan fingerprint density at radius 1 is 1.00 bits per heavy atom. The van der Waals surface area contributed by atoms with Gasteiger partial charge in [-0.1, -0.05) is 42.5 Å². The van der Waals surface area contributed by atoms with Crippen LogP contribution in [0.15, 0.2) is 59.4 Å². The molecule has 3 aromatic rings. The number of aliphatic carboxylic acids is 1. The summed E-state index contributed by atoms with van der Waals surface area (Å²) in [6.07, 6.45) is 1.05. The maximum Gasteiger partial charge on any atom is 0.328 e. The minimum atomic E-state index is -0.889. The first-order valence-electron chi connectivity index (χ1n) is 9.65. The van der Waals surface area contributed by atoms with Crippen molar-refractivity contribution in [1.29, 1.82) is 0 Å². The molecule has 0 saturated heterocycles. The monoisotopic (exact) mass is 395 g/mol. The van der Waals surface area contributed by atoms with Crippen LogP contribution in [-0.4, -0.2) is 32.2 Å². The third-order valence-corrected chi connectivity index (χ3v) is 5.01. The fourth-order valence-electron chi connectivity index (χ4n) is 3.51. The van der Waals surface area contributed by atoms with Crippen molar-refractivity contribution < 1.29 is 14.7 Å². The number of aryl methyl sites for hydroxylation is 2. The Hall–Kier alpha value is -3.35. The summed E-state index contributed by atoms with van der Waals surface area (Å²) in [4.78, 5) is 36.0. The lowest BCUT2D eigenvalue weighted by atomic mass is 10.0. The van der Waals surface area contributed by atoms with E-state index in [0.717, 1.165) is 16.6 Å². The number of para-hydroxylation sites is 2. The lowest BCUT2D eigenvalue weighted by molar-refractivity contribution is -0.137. The van der Waals surface area contributed by atoms with Gasteiger partial charge in [0.15, 0.2) is 0 Å². The first-order chi connectivity index (χ1) is 14.0. The molecule has 0 bridgehead atoms. The number of carbonyl (C=O) groups is 2. The van der Waals surface area contributed by atoms with Crippen LogP contribution in [-0.2, 0) is 29.6 Å². The number of benzene rings is 2. The number of nitrogens with one attached hydrogen (secondary N) is 1. The fourth-order valence-corrected chi connectivity index (χ4v) is 3.51. The molecule has 0 aliphatic heterocycles. The summed E-state index contributed by atoms with van der Waals surface area (Å²) < 4.78 is 3.16. The molecule has 0 aliphatic carbocycles. The molecule has 0 fully saturated rings. The van der Waals surface area contributed by atoms with Crippen LogP contribution in [0.1, 0.15) is 24.8 Å². The molecule has 2 aromatic carbocycles. The van der Waals surface area contributed by atoms with Crippen LogP contribution >= 0.6 is 0 Å². The van der Waals surface area contributed by atoms with Crippen LogP contribution in [0.5, 0.6) is 0 Å². The minimum absolute atomic E-state index is 0.0133. The molecule has 152 valence electrons. The van der Waals surface area contributed by atoms with Crippen molar-refractivity contribution in [2.24, 2.45) is 7.05 Å². The molecule has 0 radical (unpaired) electrons. The zero-order valence-corrected chi connectivity index (χ0v) is 16.4. The SMILES string of the molecule is Cn1c(=O)n(CCC(=O)NC(CCC(=O)O)Cc2ccccc2)c2ccccc21. The highest BCUT2D eigenvalue weighted by atomic mass is 16.4. The Kier molecular flexibility index (Phi) is 6.49. The van der Waals surface area contributed by atoms with Crippen molar-refractivity contribution in [2.75, 3.05) is 0 Å². The number of nitrogens with zero attached hydrogens (tertiary/aromatic N) is 2. The van der Waals surface area contributed by atoms with Gasteiger partial charge in [0, 0.05) is 32.5 Å². The quantitative estimate of drug-likeness (QED) is 0.581. The second-order valence-electron chi connectivity index (χ2n) is 7.12. The number of fused-ring (bicyclic) bond motifs is 1. The van der Waals surface area contributed by atoms with Gasteiger partial charge in [-0.15, -0.1) is 0 Å². The average Bonchev–Trinajstić information content (AvgIpc) is 2.96. The smallest absolute Gasteiger partial charge is 0.328 e. The van der Waals surface area contributed by atoms with Gasteiger partial charge in [-0.25, -0.2) is 4.79 Å². The Morgan fingerprint density at radius 2 is 1.66 bits per heavy atom. The van der Waals surface area contributed by atoms with Crippen molar-refractivity contribution in [3.05, 3.63) is 70.6 Å². The molecule has 1 amide bonds. The second kappa shape index (κ2) is 9.23.